The van der Waals surface area contributed by atoms with Crippen molar-refractivity contribution in [3.8, 4) is 0 Å². The van der Waals surface area contributed by atoms with E-state index in [0.29, 0.717) is 36.3 Å². The van der Waals surface area contributed by atoms with Gasteiger partial charge in [0.15, 0.2) is 0 Å². The zero-order valence-corrected chi connectivity index (χ0v) is 22.3. The number of nitrogens with zero attached hydrogens (tertiary/aromatic N) is 4. The third-order valence-corrected chi connectivity index (χ3v) is 6.20. The normalized spacial score (nSPS) is 12.2. The molecule has 0 aromatic carbocycles. The minimum Gasteiger partial charge on any atom is -0.480 e. The van der Waals surface area contributed by atoms with Crippen LogP contribution in [0.2, 0.25) is 0 Å². The van der Waals surface area contributed by atoms with Crippen molar-refractivity contribution in [1.82, 2.24) is 19.9 Å². The van der Waals surface area contributed by atoms with Crippen LogP contribution in [0.5, 0.6) is 0 Å². The molecule has 0 radical (unpaired) electrons. The number of aryl methyl sites for hydroxylation is 2. The molecule has 0 aliphatic rings. The van der Waals surface area contributed by atoms with E-state index in [1.165, 1.54) is 18.1 Å². The molecule has 1 unspecified atom stereocenters. The van der Waals surface area contributed by atoms with E-state index in [1.54, 1.807) is 0 Å². The van der Waals surface area contributed by atoms with Crippen LogP contribution in [-0.2, 0) is 22.4 Å². The number of unbranched alkanes of at least 4 members (excludes halogenated alkanes) is 1. The number of nitrogens with one attached hydrogen (secondary N) is 2. The zero-order chi connectivity index (χ0) is 26.3. The van der Waals surface area contributed by atoms with E-state index in [9.17, 15) is 18.7 Å². The number of anilines is 2. The van der Waals surface area contributed by atoms with E-state index in [1.807, 2.05) is 18.0 Å². The fourth-order valence-electron chi connectivity index (χ4n) is 3.67. The molecule has 200 valence electrons. The van der Waals surface area contributed by atoms with E-state index in [2.05, 4.69) is 54.5 Å². The monoisotopic (exact) mass is 572 g/mol. The van der Waals surface area contributed by atoms with Crippen molar-refractivity contribution in [3.63, 3.8) is 0 Å². The highest BCUT2D eigenvalue weighted by molar-refractivity contribution is 9.10. The van der Waals surface area contributed by atoms with Crippen LogP contribution in [0.4, 0.5) is 20.4 Å². The Morgan fingerprint density at radius 2 is 2.03 bits per heavy atom. The van der Waals surface area contributed by atoms with Gasteiger partial charge in [-0.05, 0) is 66.2 Å². The average molecular weight is 573 g/mol. The summed E-state index contributed by atoms with van der Waals surface area (Å²) >= 11 is 3.31. The molecule has 0 bridgehead atoms. The first-order valence-electron chi connectivity index (χ1n) is 12.0. The van der Waals surface area contributed by atoms with Crippen LogP contribution in [0.25, 0.3) is 0 Å². The van der Waals surface area contributed by atoms with E-state index in [-0.39, 0.29) is 6.61 Å². The number of ether oxygens (including phenoxy) is 1. The molecular weight excluding hydrogens is 538 g/mol. The summed E-state index contributed by atoms with van der Waals surface area (Å²) in [6.45, 7) is 3.21. The van der Waals surface area contributed by atoms with Crippen LogP contribution in [0.3, 0.4) is 0 Å². The zero-order valence-electron chi connectivity index (χ0n) is 20.7. The summed E-state index contributed by atoms with van der Waals surface area (Å²) in [7, 11) is 1.86. The van der Waals surface area contributed by atoms with Gasteiger partial charge in [0.2, 0.25) is 0 Å². The van der Waals surface area contributed by atoms with E-state index in [0.717, 1.165) is 37.2 Å². The molecule has 2 aromatic heterocycles. The second-order valence-electron chi connectivity index (χ2n) is 8.22. The van der Waals surface area contributed by atoms with Crippen LogP contribution < -0.4 is 10.6 Å². The van der Waals surface area contributed by atoms with Crippen LogP contribution in [0.1, 0.15) is 37.4 Å². The first kappa shape index (κ1) is 29.8. The summed E-state index contributed by atoms with van der Waals surface area (Å²) in [5.74, 6) is 0.290. The Kier molecular flexibility index (Phi) is 13.5. The topological polar surface area (TPSA) is 112 Å². The highest BCUT2D eigenvalue weighted by Crippen LogP contribution is 2.19. The Morgan fingerprint density at radius 3 is 2.69 bits per heavy atom. The van der Waals surface area contributed by atoms with Gasteiger partial charge in [-0.15, -0.1) is 0 Å². The summed E-state index contributed by atoms with van der Waals surface area (Å²) in [6.07, 6.45) is 4.12. The number of hydrogen-bond acceptors (Lipinski definition) is 8. The predicted octanol–water partition coefficient (Wildman–Crippen LogP) is 4.10. The van der Waals surface area contributed by atoms with E-state index < -0.39 is 25.0 Å². The maximum Gasteiger partial charge on any atom is 0.326 e. The molecule has 0 spiro atoms. The molecule has 1 atom stereocenters. The second kappa shape index (κ2) is 16.3. The van der Waals surface area contributed by atoms with Gasteiger partial charge in [0.25, 0.3) is 6.43 Å². The van der Waals surface area contributed by atoms with Crippen LogP contribution in [0, 0.1) is 0 Å². The standard InChI is InChI=1S/C24H35BrF2N6O3/c1-3-17-7-8-18(31-22(17)28-2)6-4-5-10-33(12-13-36-15-21(26)27)11-9-20(24(34)35)32-23-19(25)14-29-16-30-23/h7-8,14,16,20-21H,3-6,9-13,15H2,1-2H3,(H,28,31)(H,34,35)(H,29,30,32). The molecule has 0 aliphatic heterocycles. The lowest BCUT2D eigenvalue weighted by Crippen LogP contribution is -2.37. The number of alkyl halides is 2. The lowest BCUT2D eigenvalue weighted by molar-refractivity contribution is -0.138. The van der Waals surface area contributed by atoms with Gasteiger partial charge in [-0.3, -0.25) is 0 Å². The fraction of sp³-hybridized carbons (Fsp3) is 0.583. The van der Waals surface area contributed by atoms with Gasteiger partial charge in [-0.25, -0.2) is 28.5 Å². The van der Waals surface area contributed by atoms with Gasteiger partial charge in [0, 0.05) is 32.0 Å². The fourth-order valence-corrected chi connectivity index (χ4v) is 4.00. The number of hydrogen-bond donors (Lipinski definition) is 3. The summed E-state index contributed by atoms with van der Waals surface area (Å²) in [4.78, 5) is 26.5. The largest absolute Gasteiger partial charge is 0.480 e. The number of aromatic nitrogens is 3. The number of halogens is 3. The van der Waals surface area contributed by atoms with Crippen LogP contribution in [-0.4, -0.2) is 83.3 Å². The van der Waals surface area contributed by atoms with Crippen molar-refractivity contribution >= 4 is 33.5 Å². The average Bonchev–Trinajstić information content (AvgIpc) is 2.86. The maximum absolute atomic E-state index is 12.4. The number of carboxylic acids is 1. The highest BCUT2D eigenvalue weighted by atomic mass is 79.9. The number of rotatable bonds is 18. The van der Waals surface area contributed by atoms with Crippen molar-refractivity contribution < 1.29 is 23.4 Å². The third-order valence-electron chi connectivity index (χ3n) is 5.62. The molecule has 0 fully saturated rings. The summed E-state index contributed by atoms with van der Waals surface area (Å²) in [6, 6.07) is 3.27. The Balaban J connectivity index is 1.90. The number of pyridine rings is 1. The lowest BCUT2D eigenvalue weighted by atomic mass is 10.1. The SMILES string of the molecule is CCc1ccc(CCCCN(CCOCC(F)F)CCC(Nc2ncncc2Br)C(=O)O)nc1NC. The number of carboxylic acid groups (broad SMARTS) is 1. The minimum atomic E-state index is -2.51. The number of aliphatic carboxylic acids is 1. The molecule has 0 aliphatic carbocycles. The smallest absolute Gasteiger partial charge is 0.326 e. The number of carbonyl (C=O) groups is 1. The molecular formula is C24H35BrF2N6O3. The molecule has 0 amide bonds. The van der Waals surface area contributed by atoms with Crippen molar-refractivity contribution in [2.45, 2.75) is 51.5 Å². The molecule has 2 rings (SSSR count). The molecule has 9 nitrogen and oxygen atoms in total. The minimum absolute atomic E-state index is 0.151. The summed E-state index contributed by atoms with van der Waals surface area (Å²) in [5.41, 5.74) is 2.18. The molecule has 0 saturated carbocycles. The molecule has 0 saturated heterocycles. The third kappa shape index (κ3) is 10.7. The maximum atomic E-state index is 12.4. The van der Waals surface area contributed by atoms with Crippen molar-refractivity contribution in [2.24, 2.45) is 0 Å². The Bertz CT molecular complexity index is 940. The Labute approximate surface area is 219 Å². The van der Waals surface area contributed by atoms with Gasteiger partial charge >= 0.3 is 5.97 Å². The lowest BCUT2D eigenvalue weighted by Gasteiger charge is -2.24. The van der Waals surface area contributed by atoms with E-state index >= 15 is 0 Å². The van der Waals surface area contributed by atoms with Crippen molar-refractivity contribution in [3.05, 3.63) is 40.4 Å². The van der Waals surface area contributed by atoms with Gasteiger partial charge in [-0.1, -0.05) is 13.0 Å². The van der Waals surface area contributed by atoms with Crippen molar-refractivity contribution in [1.29, 1.82) is 0 Å². The van der Waals surface area contributed by atoms with Gasteiger partial charge in [0.1, 0.15) is 30.6 Å². The van der Waals surface area contributed by atoms with Crippen LogP contribution >= 0.6 is 15.9 Å². The first-order chi connectivity index (χ1) is 17.3. The Morgan fingerprint density at radius 1 is 1.22 bits per heavy atom. The Hall–Kier alpha value is -2.44. The summed E-state index contributed by atoms with van der Waals surface area (Å²) in [5, 5.41) is 15.7. The molecule has 3 N–H and O–H groups in total. The molecule has 36 heavy (non-hydrogen) atoms. The molecule has 12 heteroatoms. The summed E-state index contributed by atoms with van der Waals surface area (Å²) < 4.78 is 30.4. The van der Waals surface area contributed by atoms with Gasteiger partial charge < -0.3 is 25.4 Å². The predicted molar refractivity (Wildman–Crippen MR) is 139 cm³/mol. The molecule has 2 heterocycles. The highest BCUT2D eigenvalue weighted by Gasteiger charge is 2.20. The first-order valence-corrected chi connectivity index (χ1v) is 12.8. The van der Waals surface area contributed by atoms with Gasteiger partial charge in [0.05, 0.1) is 11.1 Å². The van der Waals surface area contributed by atoms with Gasteiger partial charge in [-0.2, -0.15) is 0 Å². The van der Waals surface area contributed by atoms with Crippen LogP contribution in [0.15, 0.2) is 29.1 Å². The van der Waals surface area contributed by atoms with Crippen molar-refractivity contribution in [2.75, 3.05) is 50.5 Å². The second-order valence-corrected chi connectivity index (χ2v) is 9.08. The quantitative estimate of drug-likeness (QED) is 0.227. The van der Waals surface area contributed by atoms with E-state index in [4.69, 9.17) is 4.74 Å². The molecule has 2 aromatic rings.